The molecule has 2 aromatic rings. The zero-order valence-corrected chi connectivity index (χ0v) is 18.9. The van der Waals surface area contributed by atoms with Gasteiger partial charge in [0.05, 0.1) is 12.8 Å². The first-order chi connectivity index (χ1) is 15.8. The Morgan fingerprint density at radius 1 is 1.09 bits per heavy atom. The highest BCUT2D eigenvalue weighted by Gasteiger charge is 2.45. The van der Waals surface area contributed by atoms with Crippen LogP contribution in [0.2, 0.25) is 0 Å². The predicted molar refractivity (Wildman–Crippen MR) is 124 cm³/mol. The molecule has 0 atom stereocenters. The van der Waals surface area contributed by atoms with Gasteiger partial charge >= 0.3 is 6.09 Å². The first kappa shape index (κ1) is 22.4. The van der Waals surface area contributed by atoms with E-state index in [1.165, 1.54) is 12.2 Å². The van der Waals surface area contributed by atoms with E-state index in [0.29, 0.717) is 43.1 Å². The Morgan fingerprint density at radius 3 is 2.45 bits per heavy atom. The van der Waals surface area contributed by atoms with Gasteiger partial charge in [-0.15, -0.1) is 0 Å². The van der Waals surface area contributed by atoms with Crippen molar-refractivity contribution in [2.75, 3.05) is 30.8 Å². The van der Waals surface area contributed by atoms with Crippen molar-refractivity contribution < 1.29 is 23.9 Å². The Balaban J connectivity index is 1.40. The van der Waals surface area contributed by atoms with Crippen molar-refractivity contribution in [3.05, 3.63) is 65.2 Å². The van der Waals surface area contributed by atoms with Crippen LogP contribution in [0.25, 0.3) is 0 Å². The molecule has 33 heavy (non-hydrogen) atoms. The van der Waals surface area contributed by atoms with Crippen molar-refractivity contribution in [3.63, 3.8) is 0 Å². The summed E-state index contributed by atoms with van der Waals surface area (Å²) in [4.78, 5) is 38.7. The third kappa shape index (κ3) is 4.84. The van der Waals surface area contributed by atoms with Gasteiger partial charge in [-0.25, -0.2) is 4.79 Å². The molecule has 8 nitrogen and oxygen atoms in total. The number of amides is 3. The van der Waals surface area contributed by atoms with Crippen LogP contribution in [0.3, 0.4) is 0 Å². The van der Waals surface area contributed by atoms with E-state index in [2.05, 4.69) is 10.6 Å². The number of ether oxygens (including phenoxy) is 2. The van der Waals surface area contributed by atoms with Gasteiger partial charge in [-0.3, -0.25) is 14.9 Å². The summed E-state index contributed by atoms with van der Waals surface area (Å²) < 4.78 is 11.1. The van der Waals surface area contributed by atoms with Crippen LogP contribution in [0.1, 0.15) is 29.5 Å². The first-order valence-corrected chi connectivity index (χ1v) is 10.8. The Morgan fingerprint density at radius 2 is 1.79 bits per heavy atom. The maximum absolute atomic E-state index is 12.7. The Labute approximate surface area is 192 Å². The molecule has 2 aliphatic rings. The lowest BCUT2D eigenvalue weighted by Gasteiger charge is -2.44. The molecule has 8 heteroatoms. The Kier molecular flexibility index (Phi) is 6.09. The maximum Gasteiger partial charge on any atom is 0.412 e. The van der Waals surface area contributed by atoms with Crippen molar-refractivity contribution >= 4 is 29.3 Å². The third-order valence-corrected chi connectivity index (χ3v) is 5.99. The molecular formula is C25H27N3O5. The Hall–Kier alpha value is -3.81. The topological polar surface area (TPSA) is 97.0 Å². The van der Waals surface area contributed by atoms with Crippen molar-refractivity contribution in [2.45, 2.75) is 32.3 Å². The fourth-order valence-electron chi connectivity index (χ4n) is 4.45. The zero-order chi connectivity index (χ0) is 23.6. The molecule has 1 fully saturated rings. The molecule has 3 amide bonds. The van der Waals surface area contributed by atoms with Crippen molar-refractivity contribution in [1.82, 2.24) is 4.90 Å². The van der Waals surface area contributed by atoms with E-state index in [-0.39, 0.29) is 11.8 Å². The molecule has 2 heterocycles. The van der Waals surface area contributed by atoms with Gasteiger partial charge in [0, 0.05) is 49.3 Å². The number of benzene rings is 2. The van der Waals surface area contributed by atoms with Gasteiger partial charge in [0.2, 0.25) is 11.8 Å². The Bertz CT molecular complexity index is 1110. The molecule has 1 saturated heterocycles. The molecule has 2 aromatic carbocycles. The second-order valence-corrected chi connectivity index (χ2v) is 8.44. The quantitative estimate of drug-likeness (QED) is 0.691. The number of aryl methyl sites for hydroxylation is 2. The largest absolute Gasteiger partial charge is 0.497 e. The predicted octanol–water partition coefficient (Wildman–Crippen LogP) is 3.89. The summed E-state index contributed by atoms with van der Waals surface area (Å²) in [6.07, 6.45) is 2.93. The average molecular weight is 450 g/mol. The van der Waals surface area contributed by atoms with Crippen LogP contribution >= 0.6 is 0 Å². The summed E-state index contributed by atoms with van der Waals surface area (Å²) in [5, 5.41) is 5.51. The first-order valence-electron chi connectivity index (χ1n) is 10.8. The van der Waals surface area contributed by atoms with Gasteiger partial charge in [-0.2, -0.15) is 0 Å². The number of fused-ring (bicyclic) bond motifs is 2. The third-order valence-electron chi connectivity index (χ3n) is 5.99. The zero-order valence-electron chi connectivity index (χ0n) is 18.9. The van der Waals surface area contributed by atoms with E-state index in [1.54, 1.807) is 24.1 Å². The molecule has 0 radical (unpaired) electrons. The van der Waals surface area contributed by atoms with E-state index >= 15 is 0 Å². The second kappa shape index (κ2) is 8.97. The van der Waals surface area contributed by atoms with Gasteiger partial charge in [-0.05, 0) is 55.3 Å². The van der Waals surface area contributed by atoms with E-state index in [4.69, 9.17) is 9.47 Å². The van der Waals surface area contributed by atoms with Crippen LogP contribution in [0.15, 0.2) is 48.6 Å². The molecule has 2 aliphatic heterocycles. The fourth-order valence-corrected chi connectivity index (χ4v) is 4.45. The SMILES string of the molecule is COc1ccc2c(c1)C1(CCN(C(=O)/C=C/C(=O)Nc3cc(C)cc(C)c3)CC1)OC(=O)N2. The number of nitrogens with zero attached hydrogens (tertiary/aromatic N) is 1. The second-order valence-electron chi connectivity index (χ2n) is 8.44. The van der Waals surface area contributed by atoms with Gasteiger partial charge in [-0.1, -0.05) is 6.07 Å². The molecule has 172 valence electrons. The standard InChI is InChI=1S/C25H27N3O5/c1-16-12-17(2)14-18(13-16)26-22(29)6-7-23(30)28-10-8-25(9-11-28)20-15-19(32-3)4-5-21(20)27-24(31)33-25/h4-7,12-15H,8-11H2,1-3H3,(H,26,29)(H,27,31)/b7-6+. The minimum absolute atomic E-state index is 0.258. The number of carbonyl (C=O) groups excluding carboxylic acids is 3. The smallest absolute Gasteiger partial charge is 0.412 e. The molecular weight excluding hydrogens is 422 g/mol. The summed E-state index contributed by atoms with van der Waals surface area (Å²) in [6.45, 7) is 4.70. The molecule has 1 spiro atoms. The number of nitrogens with one attached hydrogen (secondary N) is 2. The van der Waals surface area contributed by atoms with E-state index in [0.717, 1.165) is 16.7 Å². The number of hydrogen-bond acceptors (Lipinski definition) is 5. The molecule has 2 N–H and O–H groups in total. The number of methoxy groups -OCH3 is 1. The van der Waals surface area contributed by atoms with Crippen LogP contribution in [-0.4, -0.2) is 43.0 Å². The maximum atomic E-state index is 12.7. The summed E-state index contributed by atoms with van der Waals surface area (Å²) in [6, 6.07) is 11.2. The minimum atomic E-state index is -0.812. The highest BCUT2D eigenvalue weighted by Crippen LogP contribution is 2.44. The molecule has 0 unspecified atom stereocenters. The lowest BCUT2D eigenvalue weighted by Crippen LogP contribution is -2.49. The van der Waals surface area contributed by atoms with E-state index < -0.39 is 11.7 Å². The number of piperidine rings is 1. The minimum Gasteiger partial charge on any atom is -0.497 e. The number of rotatable bonds is 4. The molecule has 0 aliphatic carbocycles. The average Bonchev–Trinajstić information content (AvgIpc) is 2.77. The number of likely N-dealkylation sites (tertiary alicyclic amines) is 1. The van der Waals surface area contributed by atoms with E-state index in [9.17, 15) is 14.4 Å². The molecule has 4 rings (SSSR count). The van der Waals surface area contributed by atoms with Crippen molar-refractivity contribution in [3.8, 4) is 5.75 Å². The van der Waals surface area contributed by atoms with Crippen LogP contribution in [0.5, 0.6) is 5.75 Å². The van der Waals surface area contributed by atoms with E-state index in [1.807, 2.05) is 38.1 Å². The lowest BCUT2D eigenvalue weighted by molar-refractivity contribution is -0.130. The van der Waals surface area contributed by atoms with Gasteiger partial charge in [0.15, 0.2) is 0 Å². The van der Waals surface area contributed by atoms with Crippen LogP contribution in [0, 0.1) is 13.8 Å². The van der Waals surface area contributed by atoms with Crippen LogP contribution in [-0.2, 0) is 19.9 Å². The summed E-state index contributed by atoms with van der Waals surface area (Å²) in [5.74, 6) is 0.0471. The summed E-state index contributed by atoms with van der Waals surface area (Å²) in [5.41, 5.74) is 3.51. The molecule has 0 saturated carbocycles. The van der Waals surface area contributed by atoms with Gasteiger partial charge in [0.1, 0.15) is 11.4 Å². The number of hydrogen-bond donors (Lipinski definition) is 2. The van der Waals surface area contributed by atoms with Crippen LogP contribution in [0.4, 0.5) is 16.2 Å². The molecule has 0 bridgehead atoms. The van der Waals surface area contributed by atoms with Gasteiger partial charge in [0.25, 0.3) is 0 Å². The highest BCUT2D eigenvalue weighted by atomic mass is 16.6. The van der Waals surface area contributed by atoms with Crippen molar-refractivity contribution in [2.24, 2.45) is 0 Å². The summed E-state index contributed by atoms with van der Waals surface area (Å²) >= 11 is 0. The fraction of sp³-hybridized carbons (Fsp3) is 0.320. The van der Waals surface area contributed by atoms with Gasteiger partial charge < -0.3 is 19.7 Å². The summed E-state index contributed by atoms with van der Waals surface area (Å²) in [7, 11) is 1.58. The van der Waals surface area contributed by atoms with Crippen molar-refractivity contribution in [1.29, 1.82) is 0 Å². The normalized spacial score (nSPS) is 16.7. The monoisotopic (exact) mass is 449 g/mol. The number of carbonyl (C=O) groups is 3. The lowest BCUT2D eigenvalue weighted by atomic mass is 9.82. The molecule has 0 aromatic heterocycles. The van der Waals surface area contributed by atoms with Crippen LogP contribution < -0.4 is 15.4 Å². The number of anilines is 2. The highest BCUT2D eigenvalue weighted by molar-refractivity contribution is 6.03.